The van der Waals surface area contributed by atoms with Gasteiger partial charge in [0.05, 0.1) is 11.3 Å². The highest BCUT2D eigenvalue weighted by Gasteiger charge is 2.36. The highest BCUT2D eigenvalue weighted by molar-refractivity contribution is 6.06. The maximum Gasteiger partial charge on any atom is 0.342 e. The van der Waals surface area contributed by atoms with Gasteiger partial charge in [-0.15, -0.1) is 0 Å². The molecule has 1 aliphatic rings. The van der Waals surface area contributed by atoms with Crippen LogP contribution in [0.3, 0.4) is 0 Å². The lowest BCUT2D eigenvalue weighted by atomic mass is 10.1. The van der Waals surface area contributed by atoms with E-state index in [1.54, 1.807) is 0 Å². The molecule has 1 aromatic carbocycles. The monoisotopic (exact) mass is 293 g/mol. The molecule has 1 atom stereocenters. The standard InChI is InChI=1S/C12H11N3O6/c1-14-10(16)5-8(11(14)17)13-6-2-3-7(12(18)19)9(4-6)15(20)21/h2-4,8,13H,5H2,1H3,(H,18,19). The third-order valence-corrected chi connectivity index (χ3v) is 3.15. The number of hydrogen-bond donors (Lipinski definition) is 2. The zero-order chi connectivity index (χ0) is 15.7. The summed E-state index contributed by atoms with van der Waals surface area (Å²) in [5.74, 6) is -2.21. The number of nitro benzene ring substituents is 1. The number of amides is 2. The minimum Gasteiger partial charge on any atom is -0.477 e. The average molecular weight is 293 g/mol. The van der Waals surface area contributed by atoms with Gasteiger partial charge in [0.1, 0.15) is 11.6 Å². The first-order valence-corrected chi connectivity index (χ1v) is 5.90. The van der Waals surface area contributed by atoms with E-state index in [2.05, 4.69) is 5.32 Å². The Labute approximate surface area is 118 Å². The number of likely N-dealkylation sites (tertiary alicyclic amines) is 1. The molecule has 1 unspecified atom stereocenters. The fourth-order valence-corrected chi connectivity index (χ4v) is 2.02. The molecule has 1 saturated heterocycles. The van der Waals surface area contributed by atoms with E-state index >= 15 is 0 Å². The largest absolute Gasteiger partial charge is 0.477 e. The van der Waals surface area contributed by atoms with Gasteiger partial charge in [-0.05, 0) is 12.1 Å². The number of carbonyl (C=O) groups excluding carboxylic acids is 2. The summed E-state index contributed by atoms with van der Waals surface area (Å²) in [7, 11) is 1.35. The van der Waals surface area contributed by atoms with E-state index in [1.807, 2.05) is 0 Å². The molecule has 9 heteroatoms. The van der Waals surface area contributed by atoms with Gasteiger partial charge in [-0.1, -0.05) is 0 Å². The Morgan fingerprint density at radius 1 is 1.48 bits per heavy atom. The molecule has 0 saturated carbocycles. The highest BCUT2D eigenvalue weighted by Crippen LogP contribution is 2.25. The van der Waals surface area contributed by atoms with Crippen LogP contribution in [0.25, 0.3) is 0 Å². The van der Waals surface area contributed by atoms with Crippen LogP contribution in [0, 0.1) is 10.1 Å². The fourth-order valence-electron chi connectivity index (χ4n) is 2.02. The summed E-state index contributed by atoms with van der Waals surface area (Å²) in [6, 6.07) is 2.61. The zero-order valence-electron chi connectivity index (χ0n) is 10.9. The molecule has 2 N–H and O–H groups in total. The van der Waals surface area contributed by atoms with Crippen LogP contribution in [-0.2, 0) is 9.59 Å². The van der Waals surface area contributed by atoms with Crippen LogP contribution in [0.4, 0.5) is 11.4 Å². The molecular formula is C12H11N3O6. The van der Waals surface area contributed by atoms with Crippen molar-refractivity contribution >= 4 is 29.2 Å². The third kappa shape index (κ3) is 2.66. The molecule has 0 radical (unpaired) electrons. The van der Waals surface area contributed by atoms with Crippen molar-refractivity contribution in [2.45, 2.75) is 12.5 Å². The third-order valence-electron chi connectivity index (χ3n) is 3.15. The van der Waals surface area contributed by atoms with Crippen molar-refractivity contribution in [1.29, 1.82) is 0 Å². The molecule has 0 bridgehead atoms. The molecule has 0 spiro atoms. The van der Waals surface area contributed by atoms with Gasteiger partial charge < -0.3 is 10.4 Å². The Bertz CT molecular complexity index is 656. The number of carboxylic acid groups (broad SMARTS) is 1. The first kappa shape index (κ1) is 14.4. The summed E-state index contributed by atoms with van der Waals surface area (Å²) in [4.78, 5) is 45.0. The van der Waals surface area contributed by atoms with Gasteiger partial charge in [0.15, 0.2) is 0 Å². The molecule has 1 aliphatic heterocycles. The number of nitro groups is 1. The molecule has 1 aromatic rings. The van der Waals surface area contributed by atoms with E-state index in [0.717, 1.165) is 17.0 Å². The summed E-state index contributed by atoms with van der Waals surface area (Å²) in [5, 5.41) is 22.4. The van der Waals surface area contributed by atoms with Crippen molar-refractivity contribution < 1.29 is 24.4 Å². The second-order valence-corrected chi connectivity index (χ2v) is 4.49. The van der Waals surface area contributed by atoms with Gasteiger partial charge in [0.25, 0.3) is 11.6 Å². The summed E-state index contributed by atoms with van der Waals surface area (Å²) >= 11 is 0. The number of rotatable bonds is 4. The molecule has 2 rings (SSSR count). The van der Waals surface area contributed by atoms with Gasteiger partial charge in [-0.3, -0.25) is 24.6 Å². The number of hydrogen-bond acceptors (Lipinski definition) is 6. The van der Waals surface area contributed by atoms with E-state index in [9.17, 15) is 24.5 Å². The van der Waals surface area contributed by atoms with E-state index in [4.69, 9.17) is 5.11 Å². The lowest BCUT2D eigenvalue weighted by molar-refractivity contribution is -0.385. The topological polar surface area (TPSA) is 130 Å². The minimum absolute atomic E-state index is 0.0518. The van der Waals surface area contributed by atoms with Gasteiger partial charge in [-0.25, -0.2) is 4.79 Å². The SMILES string of the molecule is CN1C(=O)CC(Nc2ccc(C(=O)O)c([N+](=O)[O-])c2)C1=O. The fraction of sp³-hybridized carbons (Fsp3) is 0.250. The number of benzene rings is 1. The molecule has 110 valence electrons. The normalized spacial score (nSPS) is 18.0. The number of aromatic carboxylic acids is 1. The van der Waals surface area contributed by atoms with Crippen LogP contribution in [0.2, 0.25) is 0 Å². The summed E-state index contributed by atoms with van der Waals surface area (Å²) < 4.78 is 0. The van der Waals surface area contributed by atoms with Crippen molar-refractivity contribution in [2.24, 2.45) is 0 Å². The Morgan fingerprint density at radius 2 is 2.14 bits per heavy atom. The van der Waals surface area contributed by atoms with Crippen molar-refractivity contribution in [1.82, 2.24) is 4.90 Å². The quantitative estimate of drug-likeness (QED) is 0.468. The lowest BCUT2D eigenvalue weighted by Gasteiger charge is -2.12. The second-order valence-electron chi connectivity index (χ2n) is 4.49. The van der Waals surface area contributed by atoms with Crippen LogP contribution in [-0.4, -0.2) is 45.8 Å². The Hall–Kier alpha value is -2.97. The van der Waals surface area contributed by atoms with E-state index in [0.29, 0.717) is 0 Å². The Morgan fingerprint density at radius 3 is 2.62 bits per heavy atom. The Kier molecular flexibility index (Phi) is 3.57. The summed E-state index contributed by atoms with van der Waals surface area (Å²) in [5.41, 5.74) is -0.831. The minimum atomic E-state index is -1.42. The van der Waals surface area contributed by atoms with Crippen LogP contribution >= 0.6 is 0 Å². The average Bonchev–Trinajstić information content (AvgIpc) is 2.66. The van der Waals surface area contributed by atoms with Crippen LogP contribution in [0.5, 0.6) is 0 Å². The van der Waals surface area contributed by atoms with Gasteiger partial charge >= 0.3 is 5.97 Å². The van der Waals surface area contributed by atoms with Crippen LogP contribution < -0.4 is 5.32 Å². The van der Waals surface area contributed by atoms with Gasteiger partial charge in [-0.2, -0.15) is 0 Å². The number of carbonyl (C=O) groups is 3. The molecule has 0 aliphatic carbocycles. The molecule has 0 aromatic heterocycles. The summed E-state index contributed by atoms with van der Waals surface area (Å²) in [6.45, 7) is 0. The summed E-state index contributed by atoms with van der Waals surface area (Å²) in [6.07, 6.45) is -0.0518. The van der Waals surface area contributed by atoms with E-state index in [1.165, 1.54) is 13.1 Å². The molecule has 9 nitrogen and oxygen atoms in total. The molecule has 21 heavy (non-hydrogen) atoms. The molecule has 1 heterocycles. The Balaban J connectivity index is 2.28. The molecule has 1 fully saturated rings. The predicted octanol–water partition coefficient (Wildman–Crippen LogP) is 0.462. The first-order valence-electron chi connectivity index (χ1n) is 5.90. The maximum absolute atomic E-state index is 11.7. The maximum atomic E-state index is 11.7. The number of nitrogens with one attached hydrogen (secondary N) is 1. The zero-order valence-corrected chi connectivity index (χ0v) is 10.9. The predicted molar refractivity (Wildman–Crippen MR) is 69.9 cm³/mol. The number of likely N-dealkylation sites (N-methyl/N-ethyl adjacent to an activating group) is 1. The second kappa shape index (κ2) is 5.19. The number of imide groups is 1. The van der Waals surface area contributed by atoms with Crippen molar-refractivity contribution in [2.75, 3.05) is 12.4 Å². The van der Waals surface area contributed by atoms with Crippen molar-refractivity contribution in [3.8, 4) is 0 Å². The van der Waals surface area contributed by atoms with Crippen LogP contribution in [0.15, 0.2) is 18.2 Å². The number of carboxylic acids is 1. The number of nitrogens with zero attached hydrogens (tertiary/aromatic N) is 2. The smallest absolute Gasteiger partial charge is 0.342 e. The van der Waals surface area contributed by atoms with Crippen molar-refractivity contribution in [3.63, 3.8) is 0 Å². The first-order chi connectivity index (χ1) is 9.81. The van der Waals surface area contributed by atoms with Crippen LogP contribution in [0.1, 0.15) is 16.8 Å². The lowest BCUT2D eigenvalue weighted by Crippen LogP contribution is -2.31. The molecule has 2 amide bonds. The highest BCUT2D eigenvalue weighted by atomic mass is 16.6. The van der Waals surface area contributed by atoms with E-state index in [-0.39, 0.29) is 18.0 Å². The van der Waals surface area contributed by atoms with Gasteiger partial charge in [0.2, 0.25) is 5.91 Å². The van der Waals surface area contributed by atoms with Gasteiger partial charge in [0, 0.05) is 18.8 Å². The number of anilines is 1. The molecular weight excluding hydrogens is 282 g/mol. The van der Waals surface area contributed by atoms with Crippen molar-refractivity contribution in [3.05, 3.63) is 33.9 Å². The van der Waals surface area contributed by atoms with E-state index < -0.39 is 34.1 Å².